The third-order valence-corrected chi connectivity index (χ3v) is 3.80. The number of rotatable bonds is 1. The number of piperidine rings is 1. The number of H-pyrrole nitrogens is 1. The molecule has 5 heterocycles. The maximum Gasteiger partial charge on any atom is 0.155 e. The SMILES string of the molecule is c1nc2[nH]ncc2cc1N1CC2CCC1CO2. The van der Waals surface area contributed by atoms with Gasteiger partial charge in [0.2, 0.25) is 0 Å². The summed E-state index contributed by atoms with van der Waals surface area (Å²) in [5, 5.41) is 7.96. The summed E-state index contributed by atoms with van der Waals surface area (Å²) in [6.07, 6.45) is 6.59. The molecule has 1 N–H and O–H groups in total. The van der Waals surface area contributed by atoms with Gasteiger partial charge in [-0.2, -0.15) is 5.10 Å². The molecule has 0 amide bonds. The van der Waals surface area contributed by atoms with Gasteiger partial charge in [-0.25, -0.2) is 4.98 Å². The zero-order valence-electron chi connectivity index (χ0n) is 9.47. The maximum absolute atomic E-state index is 5.72. The Hall–Kier alpha value is -1.62. The van der Waals surface area contributed by atoms with E-state index in [-0.39, 0.29) is 0 Å². The van der Waals surface area contributed by atoms with Crippen LogP contribution in [0.3, 0.4) is 0 Å². The van der Waals surface area contributed by atoms with Crippen molar-refractivity contribution in [1.82, 2.24) is 15.2 Å². The highest BCUT2D eigenvalue weighted by Crippen LogP contribution is 2.31. The van der Waals surface area contributed by atoms with E-state index in [4.69, 9.17) is 4.74 Å². The molecule has 5 nitrogen and oxygen atoms in total. The fraction of sp³-hybridized carbons (Fsp3) is 0.500. The number of hydrogen-bond acceptors (Lipinski definition) is 4. The van der Waals surface area contributed by atoms with Gasteiger partial charge in [-0.15, -0.1) is 0 Å². The summed E-state index contributed by atoms with van der Waals surface area (Å²) in [6, 6.07) is 2.68. The molecule has 2 bridgehead atoms. The molecule has 3 saturated heterocycles. The van der Waals surface area contributed by atoms with Gasteiger partial charge in [0.05, 0.1) is 36.8 Å². The first kappa shape index (κ1) is 9.41. The molecular formula is C12H14N4O. The summed E-state index contributed by atoms with van der Waals surface area (Å²) in [6.45, 7) is 1.85. The standard InChI is InChI=1S/C12H14N4O/c1-2-11-6-16(9(1)7-17-11)10-3-8-4-14-15-12(8)13-5-10/h3-5,9,11H,1-2,6-7H2,(H,13,14,15). The Balaban J connectivity index is 1.73. The first-order chi connectivity index (χ1) is 8.40. The van der Waals surface area contributed by atoms with E-state index in [1.807, 2.05) is 12.4 Å². The molecule has 5 heteroatoms. The Morgan fingerprint density at radius 1 is 1.35 bits per heavy atom. The van der Waals surface area contributed by atoms with Crippen molar-refractivity contribution in [2.75, 3.05) is 18.1 Å². The molecule has 88 valence electrons. The second-order valence-electron chi connectivity index (χ2n) is 4.84. The second-order valence-corrected chi connectivity index (χ2v) is 4.84. The van der Waals surface area contributed by atoms with Crippen molar-refractivity contribution < 1.29 is 4.74 Å². The monoisotopic (exact) mass is 230 g/mol. The van der Waals surface area contributed by atoms with Gasteiger partial charge >= 0.3 is 0 Å². The summed E-state index contributed by atoms with van der Waals surface area (Å²) < 4.78 is 5.72. The number of ether oxygens (including phenoxy) is 1. The lowest BCUT2D eigenvalue weighted by molar-refractivity contribution is -0.0225. The Kier molecular flexibility index (Phi) is 1.90. The van der Waals surface area contributed by atoms with Crippen LogP contribution in [0.2, 0.25) is 0 Å². The van der Waals surface area contributed by atoms with Gasteiger partial charge in [-0.1, -0.05) is 0 Å². The van der Waals surface area contributed by atoms with E-state index in [9.17, 15) is 0 Å². The van der Waals surface area contributed by atoms with Gasteiger partial charge in [-0.05, 0) is 18.9 Å². The van der Waals surface area contributed by atoms with Gasteiger partial charge in [0.1, 0.15) is 0 Å². The second kappa shape index (κ2) is 3.43. The Morgan fingerprint density at radius 3 is 3.12 bits per heavy atom. The summed E-state index contributed by atoms with van der Waals surface area (Å²) in [7, 11) is 0. The number of aromatic nitrogens is 3. The molecule has 2 atom stereocenters. The molecule has 0 spiro atoms. The predicted octanol–water partition coefficient (Wildman–Crippen LogP) is 1.33. The van der Waals surface area contributed by atoms with E-state index in [0.29, 0.717) is 12.1 Å². The molecule has 0 aliphatic carbocycles. The van der Waals surface area contributed by atoms with Crippen molar-refractivity contribution in [3.05, 3.63) is 18.5 Å². The molecule has 3 aliphatic heterocycles. The quantitative estimate of drug-likeness (QED) is 0.803. The molecule has 0 radical (unpaired) electrons. The van der Waals surface area contributed by atoms with Crippen LogP contribution in [-0.2, 0) is 4.74 Å². The average Bonchev–Trinajstić information content (AvgIpc) is 2.87. The van der Waals surface area contributed by atoms with Crippen LogP contribution in [0.1, 0.15) is 12.8 Å². The van der Waals surface area contributed by atoms with Crippen molar-refractivity contribution in [3.63, 3.8) is 0 Å². The van der Waals surface area contributed by atoms with Crippen molar-refractivity contribution >= 4 is 16.7 Å². The van der Waals surface area contributed by atoms with Crippen molar-refractivity contribution in [2.45, 2.75) is 25.0 Å². The van der Waals surface area contributed by atoms with Gasteiger partial charge in [-0.3, -0.25) is 5.10 Å². The zero-order valence-corrected chi connectivity index (χ0v) is 9.47. The zero-order chi connectivity index (χ0) is 11.2. The fourth-order valence-electron chi connectivity index (χ4n) is 2.85. The largest absolute Gasteiger partial charge is 0.374 e. The molecule has 2 unspecified atom stereocenters. The molecule has 0 aromatic carbocycles. The Labute approximate surface area is 98.8 Å². The number of hydrogen-bond donors (Lipinski definition) is 1. The van der Waals surface area contributed by atoms with Crippen molar-refractivity contribution in [2.24, 2.45) is 0 Å². The van der Waals surface area contributed by atoms with E-state index in [2.05, 4.69) is 26.1 Å². The van der Waals surface area contributed by atoms with Crippen LogP contribution in [0.5, 0.6) is 0 Å². The fourth-order valence-corrected chi connectivity index (χ4v) is 2.85. The summed E-state index contributed by atoms with van der Waals surface area (Å²) in [5.41, 5.74) is 2.05. The van der Waals surface area contributed by atoms with Gasteiger partial charge in [0, 0.05) is 11.9 Å². The minimum atomic E-state index is 0.403. The topological polar surface area (TPSA) is 54.0 Å². The van der Waals surface area contributed by atoms with E-state index in [1.54, 1.807) is 0 Å². The Morgan fingerprint density at radius 2 is 2.35 bits per heavy atom. The molecule has 3 aliphatic rings. The van der Waals surface area contributed by atoms with Crippen molar-refractivity contribution in [1.29, 1.82) is 0 Å². The van der Waals surface area contributed by atoms with Crippen LogP contribution < -0.4 is 4.90 Å². The third-order valence-electron chi connectivity index (χ3n) is 3.80. The van der Waals surface area contributed by atoms with Crippen LogP contribution in [0.4, 0.5) is 5.69 Å². The van der Waals surface area contributed by atoms with Crippen LogP contribution in [0.25, 0.3) is 11.0 Å². The van der Waals surface area contributed by atoms with Gasteiger partial charge in [0.15, 0.2) is 5.65 Å². The van der Waals surface area contributed by atoms with Crippen LogP contribution >= 0.6 is 0 Å². The maximum atomic E-state index is 5.72. The molecular weight excluding hydrogens is 216 g/mol. The number of fused-ring (bicyclic) bond motifs is 4. The highest BCUT2D eigenvalue weighted by molar-refractivity contribution is 5.77. The van der Waals surface area contributed by atoms with E-state index in [0.717, 1.165) is 24.2 Å². The first-order valence-corrected chi connectivity index (χ1v) is 6.07. The lowest BCUT2D eigenvalue weighted by Gasteiger charge is -2.46. The van der Waals surface area contributed by atoms with Crippen LogP contribution in [-0.4, -0.2) is 40.5 Å². The molecule has 2 aromatic heterocycles. The number of morpholine rings is 1. The van der Waals surface area contributed by atoms with Gasteiger partial charge in [0.25, 0.3) is 0 Å². The molecule has 0 saturated carbocycles. The lowest BCUT2D eigenvalue weighted by atomic mass is 9.96. The number of nitrogens with zero attached hydrogens (tertiary/aromatic N) is 3. The number of pyridine rings is 1. The summed E-state index contributed by atoms with van der Waals surface area (Å²) in [5.74, 6) is 0. The summed E-state index contributed by atoms with van der Waals surface area (Å²) in [4.78, 5) is 6.83. The van der Waals surface area contributed by atoms with E-state index < -0.39 is 0 Å². The number of aromatic amines is 1. The normalized spacial score (nSPS) is 27.9. The van der Waals surface area contributed by atoms with Crippen molar-refractivity contribution in [3.8, 4) is 0 Å². The smallest absolute Gasteiger partial charge is 0.155 e. The highest BCUT2D eigenvalue weighted by Gasteiger charge is 2.34. The Bertz CT molecular complexity index is 544. The third kappa shape index (κ3) is 1.42. The minimum absolute atomic E-state index is 0.403. The van der Waals surface area contributed by atoms with Crippen LogP contribution in [0.15, 0.2) is 18.5 Å². The van der Waals surface area contributed by atoms with Crippen LogP contribution in [0, 0.1) is 0 Å². The molecule has 17 heavy (non-hydrogen) atoms. The average molecular weight is 230 g/mol. The highest BCUT2D eigenvalue weighted by atomic mass is 16.5. The molecule has 5 rings (SSSR count). The van der Waals surface area contributed by atoms with E-state index in [1.165, 1.54) is 18.5 Å². The molecule has 3 fully saturated rings. The minimum Gasteiger partial charge on any atom is -0.374 e. The number of nitrogens with one attached hydrogen (secondary N) is 1. The molecule has 2 aromatic rings. The number of anilines is 1. The summed E-state index contributed by atoms with van der Waals surface area (Å²) >= 11 is 0. The first-order valence-electron chi connectivity index (χ1n) is 6.07. The lowest BCUT2D eigenvalue weighted by Crippen LogP contribution is -2.54. The predicted molar refractivity (Wildman–Crippen MR) is 64.0 cm³/mol. The van der Waals surface area contributed by atoms with Gasteiger partial charge < -0.3 is 9.64 Å². The van der Waals surface area contributed by atoms with E-state index >= 15 is 0 Å².